The minimum absolute atomic E-state index is 0.0578. The summed E-state index contributed by atoms with van der Waals surface area (Å²) in [5, 5.41) is 42.7. The van der Waals surface area contributed by atoms with Gasteiger partial charge in [-0.1, -0.05) is 6.07 Å². The number of phenols is 3. The largest absolute Gasteiger partial charge is 0.508 e. The van der Waals surface area contributed by atoms with E-state index in [9.17, 15) is 42.9 Å². The molecular formula is C30H30F3N3O9. The molecule has 6 N–H and O–H groups in total. The second-order valence-electron chi connectivity index (χ2n) is 9.80. The molecule has 1 aliphatic heterocycles. The van der Waals surface area contributed by atoms with Crippen LogP contribution in [0.1, 0.15) is 43.9 Å². The molecule has 3 aromatic carbocycles. The number of rotatable bonds is 6. The molecule has 1 fully saturated rings. The zero-order valence-electron chi connectivity index (χ0n) is 23.7. The van der Waals surface area contributed by atoms with E-state index >= 15 is 0 Å². The molecule has 4 rings (SSSR count). The Morgan fingerprint density at radius 2 is 1.47 bits per heavy atom. The number of halogens is 3. The fourth-order valence-corrected chi connectivity index (χ4v) is 4.23. The summed E-state index contributed by atoms with van der Waals surface area (Å²) in [5.74, 6) is -4.91. The second kappa shape index (κ2) is 14.9. The topological polar surface area (TPSA) is 186 Å². The van der Waals surface area contributed by atoms with Crippen molar-refractivity contribution in [2.75, 3.05) is 25.0 Å². The number of nitrogens with one attached hydrogen (secondary N) is 2. The van der Waals surface area contributed by atoms with Crippen molar-refractivity contribution in [3.8, 4) is 17.2 Å². The Kier molecular flexibility index (Phi) is 11.3. The summed E-state index contributed by atoms with van der Waals surface area (Å²) >= 11 is 0. The van der Waals surface area contributed by atoms with Crippen LogP contribution in [-0.2, 0) is 9.53 Å². The third-order valence-electron chi connectivity index (χ3n) is 6.63. The number of esters is 1. The average Bonchev–Trinajstić information content (AvgIpc) is 3.21. The molecule has 45 heavy (non-hydrogen) atoms. The highest BCUT2D eigenvalue weighted by Crippen LogP contribution is 2.29. The molecule has 0 bridgehead atoms. The van der Waals surface area contributed by atoms with Gasteiger partial charge in [-0.2, -0.15) is 13.2 Å². The Morgan fingerprint density at radius 1 is 0.911 bits per heavy atom. The molecule has 2 amide bonds. The summed E-state index contributed by atoms with van der Waals surface area (Å²) in [7, 11) is 1.49. The van der Waals surface area contributed by atoms with Crippen LogP contribution < -0.4 is 15.5 Å². The highest BCUT2D eigenvalue weighted by atomic mass is 19.4. The predicted molar refractivity (Wildman–Crippen MR) is 153 cm³/mol. The number of ether oxygens (including phenoxy) is 1. The number of hydrogen-bond acceptors (Lipinski definition) is 9. The van der Waals surface area contributed by atoms with E-state index in [-0.39, 0.29) is 34.3 Å². The number of alkyl halides is 3. The number of aliphatic carboxylic acids is 1. The van der Waals surface area contributed by atoms with E-state index < -0.39 is 36.2 Å². The number of aromatic hydroxyl groups is 3. The number of hydrogen-bond donors (Lipinski definition) is 6. The molecule has 240 valence electrons. The molecule has 0 radical (unpaired) electrons. The van der Waals surface area contributed by atoms with Crippen molar-refractivity contribution in [2.45, 2.75) is 31.2 Å². The Labute approximate surface area is 254 Å². The monoisotopic (exact) mass is 633 g/mol. The number of carboxylic acid groups (broad SMARTS) is 1. The van der Waals surface area contributed by atoms with E-state index in [0.29, 0.717) is 24.2 Å². The van der Waals surface area contributed by atoms with Gasteiger partial charge in [0.05, 0.1) is 11.6 Å². The van der Waals surface area contributed by atoms with Gasteiger partial charge in [-0.3, -0.25) is 9.59 Å². The molecule has 1 aliphatic rings. The summed E-state index contributed by atoms with van der Waals surface area (Å²) in [6, 6.07) is 15.6. The van der Waals surface area contributed by atoms with Crippen LogP contribution in [0.5, 0.6) is 17.2 Å². The number of benzene rings is 3. The molecular weight excluding hydrogens is 603 g/mol. The van der Waals surface area contributed by atoms with Gasteiger partial charge < -0.3 is 40.7 Å². The number of phenolic OH excluding ortho intramolecular Hbond substituents is 3. The Balaban J connectivity index is 0.000000707. The molecule has 0 aromatic heterocycles. The van der Waals surface area contributed by atoms with Crippen LogP contribution in [0.15, 0.2) is 66.7 Å². The Morgan fingerprint density at radius 3 is 2.02 bits per heavy atom. The van der Waals surface area contributed by atoms with E-state index in [2.05, 4.69) is 10.6 Å². The molecule has 0 saturated carbocycles. The van der Waals surface area contributed by atoms with E-state index in [0.717, 1.165) is 13.0 Å². The van der Waals surface area contributed by atoms with Crippen molar-refractivity contribution < 1.29 is 57.5 Å². The average molecular weight is 634 g/mol. The summed E-state index contributed by atoms with van der Waals surface area (Å²) in [6.07, 6.45) is -4.33. The lowest BCUT2D eigenvalue weighted by Crippen LogP contribution is -2.49. The van der Waals surface area contributed by atoms with Crippen LogP contribution in [0, 0.1) is 0 Å². The van der Waals surface area contributed by atoms with E-state index in [1.165, 1.54) is 66.5 Å². The molecule has 0 unspecified atom stereocenters. The lowest BCUT2D eigenvalue weighted by molar-refractivity contribution is -0.192. The quantitative estimate of drug-likeness (QED) is 0.220. The van der Waals surface area contributed by atoms with Gasteiger partial charge in [0.1, 0.15) is 28.9 Å². The van der Waals surface area contributed by atoms with E-state index in [1.54, 1.807) is 12.1 Å². The highest BCUT2D eigenvalue weighted by Gasteiger charge is 2.38. The SMILES string of the molecule is CN(C(=O)c1c(O)cccc1O)c1ccc(C(=O)O[C@@H]2CCCNC[C@H]2NC(=O)c2ccc(O)cc2)cc1.O=C(O)C(F)(F)F. The fourth-order valence-electron chi connectivity index (χ4n) is 4.23. The maximum Gasteiger partial charge on any atom is 0.490 e. The predicted octanol–water partition coefficient (Wildman–Crippen LogP) is 3.42. The first-order chi connectivity index (χ1) is 21.2. The van der Waals surface area contributed by atoms with E-state index in [1.807, 2.05) is 0 Å². The molecule has 2 atom stereocenters. The first-order valence-corrected chi connectivity index (χ1v) is 13.4. The number of carbonyl (C=O) groups is 4. The van der Waals surface area contributed by atoms with Crippen LogP contribution >= 0.6 is 0 Å². The van der Waals surface area contributed by atoms with Crippen LogP contribution in [0.25, 0.3) is 0 Å². The molecule has 3 aromatic rings. The van der Waals surface area contributed by atoms with Gasteiger partial charge in [0, 0.05) is 24.8 Å². The smallest absolute Gasteiger partial charge is 0.490 e. The third-order valence-corrected chi connectivity index (χ3v) is 6.63. The zero-order valence-corrected chi connectivity index (χ0v) is 23.7. The minimum atomic E-state index is -5.08. The zero-order chi connectivity index (χ0) is 33.3. The normalized spacial score (nSPS) is 16.3. The summed E-state index contributed by atoms with van der Waals surface area (Å²) in [6.45, 7) is 1.15. The van der Waals surface area contributed by atoms with Crippen molar-refractivity contribution in [1.82, 2.24) is 10.6 Å². The van der Waals surface area contributed by atoms with Crippen LogP contribution in [0.4, 0.5) is 18.9 Å². The van der Waals surface area contributed by atoms with Gasteiger partial charge >= 0.3 is 18.1 Å². The van der Waals surface area contributed by atoms with Crippen LogP contribution in [0.3, 0.4) is 0 Å². The summed E-state index contributed by atoms with van der Waals surface area (Å²) < 4.78 is 37.5. The maximum atomic E-state index is 13.0. The molecule has 12 nitrogen and oxygen atoms in total. The first kappa shape index (κ1) is 34.2. The van der Waals surface area contributed by atoms with Gasteiger partial charge in [-0.15, -0.1) is 0 Å². The van der Waals surface area contributed by atoms with E-state index in [4.69, 9.17) is 14.6 Å². The lowest BCUT2D eigenvalue weighted by Gasteiger charge is -2.26. The van der Waals surface area contributed by atoms with Gasteiger partial charge in [-0.25, -0.2) is 9.59 Å². The number of anilines is 1. The van der Waals surface area contributed by atoms with Crippen molar-refractivity contribution >= 4 is 29.4 Å². The first-order valence-electron chi connectivity index (χ1n) is 13.4. The van der Waals surface area contributed by atoms with Crippen molar-refractivity contribution in [3.63, 3.8) is 0 Å². The summed E-state index contributed by atoms with van der Waals surface area (Å²) in [5.41, 5.74) is 0.858. The van der Waals surface area contributed by atoms with Gasteiger partial charge in [0.25, 0.3) is 11.8 Å². The number of carbonyl (C=O) groups excluding carboxylic acids is 3. The van der Waals surface area contributed by atoms with Gasteiger partial charge in [-0.05, 0) is 80.1 Å². The molecule has 15 heteroatoms. The molecule has 0 spiro atoms. The van der Waals surface area contributed by atoms with Crippen molar-refractivity contribution in [3.05, 3.63) is 83.4 Å². The highest BCUT2D eigenvalue weighted by molar-refractivity contribution is 6.09. The van der Waals surface area contributed by atoms with Gasteiger partial charge in [0.2, 0.25) is 0 Å². The maximum absolute atomic E-state index is 13.0. The lowest BCUT2D eigenvalue weighted by atomic mass is 10.1. The Bertz CT molecular complexity index is 1490. The summed E-state index contributed by atoms with van der Waals surface area (Å²) in [4.78, 5) is 48.6. The fraction of sp³-hybridized carbons (Fsp3) is 0.267. The van der Waals surface area contributed by atoms with Crippen molar-refractivity contribution in [2.24, 2.45) is 0 Å². The van der Waals surface area contributed by atoms with Crippen LogP contribution in [-0.4, -0.2) is 82.6 Å². The minimum Gasteiger partial charge on any atom is -0.508 e. The van der Waals surface area contributed by atoms with Crippen molar-refractivity contribution in [1.29, 1.82) is 0 Å². The molecule has 1 saturated heterocycles. The van der Waals surface area contributed by atoms with Gasteiger partial charge in [0.15, 0.2) is 0 Å². The standard InChI is InChI=1S/C28H29N3O7.C2HF3O2/c1-31(27(36)25-22(33)4-2-5-23(25)34)19-11-7-18(8-12-19)28(37)38-24-6-3-15-29-16-21(24)30-26(35)17-9-13-20(32)14-10-17;3-2(4,5)1(6)7/h2,4-5,7-14,21,24,29,32-34H,3,6,15-16H2,1H3,(H,30,35);(H,6,7)/t21-,24-;/m1./s1. The number of nitrogens with zero attached hydrogens (tertiary/aromatic N) is 1. The third kappa shape index (κ3) is 9.34. The molecule has 0 aliphatic carbocycles. The number of amides is 2. The second-order valence-corrected chi connectivity index (χ2v) is 9.80. The van der Waals surface area contributed by atoms with Crippen LogP contribution in [0.2, 0.25) is 0 Å². The number of carboxylic acids is 1. The molecule has 1 heterocycles. The Hall–Kier alpha value is -5.31.